The Labute approximate surface area is 199 Å². The molecule has 2 aromatic carbocycles. The van der Waals surface area contributed by atoms with E-state index in [1.165, 1.54) is 0 Å². The summed E-state index contributed by atoms with van der Waals surface area (Å²) in [5.74, 6) is 1.61. The van der Waals surface area contributed by atoms with E-state index in [0.29, 0.717) is 37.5 Å². The summed E-state index contributed by atoms with van der Waals surface area (Å²) in [6.45, 7) is 4.78. The number of anilines is 1. The lowest BCUT2D eigenvalue weighted by Crippen LogP contribution is -2.42. The Hall–Kier alpha value is -3.87. The molecule has 1 aromatic heterocycles. The lowest BCUT2D eigenvalue weighted by atomic mass is 10.1. The van der Waals surface area contributed by atoms with Gasteiger partial charge >= 0.3 is 0 Å². The number of fused-ring (bicyclic) bond motifs is 1. The largest absolute Gasteiger partial charge is 0.491 e. The van der Waals surface area contributed by atoms with Crippen LogP contribution in [0, 0.1) is 0 Å². The highest BCUT2D eigenvalue weighted by molar-refractivity contribution is 5.99. The molecular weight excluding hydrogens is 430 g/mol. The van der Waals surface area contributed by atoms with E-state index in [0.717, 1.165) is 16.9 Å². The van der Waals surface area contributed by atoms with Gasteiger partial charge in [0.2, 0.25) is 12.0 Å². The number of hydrogen-bond donors (Lipinski definition) is 1. The van der Waals surface area contributed by atoms with Gasteiger partial charge in [0.05, 0.1) is 6.10 Å². The minimum Gasteiger partial charge on any atom is -0.491 e. The molecule has 1 atom stereocenters. The van der Waals surface area contributed by atoms with Crippen LogP contribution in [0.5, 0.6) is 11.5 Å². The van der Waals surface area contributed by atoms with Crippen molar-refractivity contribution in [2.24, 2.45) is 0 Å². The van der Waals surface area contributed by atoms with Crippen molar-refractivity contribution < 1.29 is 19.1 Å². The van der Waals surface area contributed by atoms with Gasteiger partial charge in [0.15, 0.2) is 11.6 Å². The van der Waals surface area contributed by atoms with Crippen LogP contribution >= 0.6 is 0 Å². The lowest BCUT2D eigenvalue weighted by Gasteiger charge is -2.33. The maximum atomic E-state index is 13.2. The summed E-state index contributed by atoms with van der Waals surface area (Å²) >= 11 is 0. The van der Waals surface area contributed by atoms with Gasteiger partial charge in [-0.15, -0.1) is 0 Å². The van der Waals surface area contributed by atoms with Crippen LogP contribution in [0.4, 0.5) is 5.82 Å². The first-order valence-electron chi connectivity index (χ1n) is 11.5. The van der Waals surface area contributed by atoms with Crippen molar-refractivity contribution in [1.29, 1.82) is 0 Å². The summed E-state index contributed by atoms with van der Waals surface area (Å²) in [5.41, 5.74) is 1.78. The molecule has 1 N–H and O–H groups in total. The number of benzene rings is 2. The predicted octanol–water partition coefficient (Wildman–Crippen LogP) is 4.43. The third-order valence-electron chi connectivity index (χ3n) is 5.41. The molecule has 34 heavy (non-hydrogen) atoms. The maximum absolute atomic E-state index is 13.2. The molecule has 4 rings (SSSR count). The standard InChI is InChI=1S/C27H29N3O4/c1-19(2)33-22-14-12-20(13-15-22)18-29-24(31)11-7-17-30-26-23(10-6-16-28-26)34-25(27(30)32)21-8-4-3-5-9-21/h3-6,8-10,12-16,19,25H,7,11,17-18H2,1-2H3,(H,29,31)/t25-/m1/s1. The molecule has 0 fully saturated rings. The highest BCUT2D eigenvalue weighted by atomic mass is 16.5. The van der Waals surface area contributed by atoms with E-state index >= 15 is 0 Å². The van der Waals surface area contributed by atoms with Gasteiger partial charge in [-0.25, -0.2) is 4.98 Å². The second-order valence-corrected chi connectivity index (χ2v) is 8.41. The Morgan fingerprint density at radius 2 is 1.85 bits per heavy atom. The molecule has 0 saturated carbocycles. The number of pyridine rings is 1. The van der Waals surface area contributed by atoms with Crippen LogP contribution in [0.1, 0.15) is 43.9 Å². The average Bonchev–Trinajstić information content (AvgIpc) is 2.85. The highest BCUT2D eigenvalue weighted by Gasteiger charge is 2.36. The first-order valence-corrected chi connectivity index (χ1v) is 11.5. The molecule has 1 aliphatic heterocycles. The normalized spacial score (nSPS) is 15.0. The van der Waals surface area contributed by atoms with Crippen LogP contribution in [0.2, 0.25) is 0 Å². The van der Waals surface area contributed by atoms with E-state index in [9.17, 15) is 9.59 Å². The third kappa shape index (κ3) is 5.73. The molecule has 0 spiro atoms. The smallest absolute Gasteiger partial charge is 0.274 e. The number of hydrogen-bond acceptors (Lipinski definition) is 5. The molecule has 7 heteroatoms. The summed E-state index contributed by atoms with van der Waals surface area (Å²) in [4.78, 5) is 31.6. The van der Waals surface area contributed by atoms with Crippen molar-refractivity contribution in [3.63, 3.8) is 0 Å². The van der Waals surface area contributed by atoms with Gasteiger partial charge in [0.25, 0.3) is 5.91 Å². The molecule has 176 valence electrons. The molecule has 2 heterocycles. The molecule has 7 nitrogen and oxygen atoms in total. The van der Waals surface area contributed by atoms with Crippen LogP contribution in [0.3, 0.4) is 0 Å². The molecule has 3 aromatic rings. The van der Waals surface area contributed by atoms with Crippen LogP contribution in [0.25, 0.3) is 0 Å². The summed E-state index contributed by atoms with van der Waals surface area (Å²) in [6.07, 6.45) is 1.84. The van der Waals surface area contributed by atoms with Gasteiger partial charge in [-0.2, -0.15) is 0 Å². The van der Waals surface area contributed by atoms with E-state index < -0.39 is 6.10 Å². The number of carbonyl (C=O) groups excluding carboxylic acids is 2. The molecule has 0 unspecified atom stereocenters. The summed E-state index contributed by atoms with van der Waals surface area (Å²) < 4.78 is 11.6. The minimum absolute atomic E-state index is 0.0657. The first kappa shape index (κ1) is 23.3. The van der Waals surface area contributed by atoms with Crippen molar-refractivity contribution in [3.05, 3.63) is 84.1 Å². The quantitative estimate of drug-likeness (QED) is 0.512. The Kier molecular flexibility index (Phi) is 7.42. The van der Waals surface area contributed by atoms with Gasteiger partial charge in [0, 0.05) is 31.3 Å². The molecular formula is C27H29N3O4. The van der Waals surface area contributed by atoms with Crippen molar-refractivity contribution in [2.75, 3.05) is 11.4 Å². The fourth-order valence-electron chi connectivity index (χ4n) is 3.80. The van der Waals surface area contributed by atoms with Crippen molar-refractivity contribution >= 4 is 17.6 Å². The first-order chi connectivity index (χ1) is 16.5. The number of ether oxygens (including phenoxy) is 2. The topological polar surface area (TPSA) is 80.8 Å². The van der Waals surface area contributed by atoms with Crippen molar-refractivity contribution in [3.8, 4) is 11.5 Å². The maximum Gasteiger partial charge on any atom is 0.274 e. The Morgan fingerprint density at radius 3 is 2.59 bits per heavy atom. The van der Waals surface area contributed by atoms with Crippen molar-refractivity contribution in [2.45, 2.75) is 45.4 Å². The second-order valence-electron chi connectivity index (χ2n) is 8.41. The van der Waals surface area contributed by atoms with Gasteiger partial charge in [0.1, 0.15) is 5.75 Å². The van der Waals surface area contributed by atoms with Gasteiger partial charge in [-0.3, -0.25) is 14.5 Å². The number of carbonyl (C=O) groups is 2. The summed E-state index contributed by atoms with van der Waals surface area (Å²) in [5, 5.41) is 2.94. The van der Waals surface area contributed by atoms with Crippen LogP contribution in [0.15, 0.2) is 72.9 Å². The van der Waals surface area contributed by atoms with Crippen LogP contribution in [-0.4, -0.2) is 29.4 Å². The van der Waals surface area contributed by atoms with Crippen LogP contribution in [-0.2, 0) is 16.1 Å². The summed E-state index contributed by atoms with van der Waals surface area (Å²) in [6, 6.07) is 20.7. The van der Waals surface area contributed by atoms with E-state index in [2.05, 4.69) is 10.3 Å². The molecule has 0 saturated heterocycles. The van der Waals surface area contributed by atoms with Gasteiger partial charge in [-0.1, -0.05) is 42.5 Å². The van der Waals surface area contributed by atoms with E-state index in [1.54, 1.807) is 17.2 Å². The number of nitrogens with one attached hydrogen (secondary N) is 1. The number of amides is 2. The van der Waals surface area contributed by atoms with E-state index in [1.807, 2.05) is 74.5 Å². The van der Waals surface area contributed by atoms with Gasteiger partial charge < -0.3 is 14.8 Å². The Balaban J connectivity index is 1.32. The predicted molar refractivity (Wildman–Crippen MR) is 130 cm³/mol. The zero-order valence-corrected chi connectivity index (χ0v) is 19.4. The lowest BCUT2D eigenvalue weighted by molar-refractivity contribution is -0.127. The fraction of sp³-hybridized carbons (Fsp3) is 0.296. The van der Waals surface area contributed by atoms with E-state index in [-0.39, 0.29) is 17.9 Å². The molecule has 2 amide bonds. The number of rotatable bonds is 9. The zero-order valence-electron chi connectivity index (χ0n) is 19.4. The van der Waals surface area contributed by atoms with E-state index in [4.69, 9.17) is 9.47 Å². The Bertz CT molecular complexity index is 1120. The minimum atomic E-state index is -0.727. The molecule has 0 bridgehead atoms. The average molecular weight is 460 g/mol. The zero-order chi connectivity index (χ0) is 23.9. The molecule has 1 aliphatic rings. The fourth-order valence-corrected chi connectivity index (χ4v) is 3.80. The third-order valence-corrected chi connectivity index (χ3v) is 5.41. The number of aromatic nitrogens is 1. The van der Waals surface area contributed by atoms with Crippen molar-refractivity contribution in [1.82, 2.24) is 10.3 Å². The second kappa shape index (κ2) is 10.8. The molecule has 0 radical (unpaired) electrons. The highest BCUT2D eigenvalue weighted by Crippen LogP contribution is 2.37. The number of nitrogens with zero attached hydrogens (tertiary/aromatic N) is 2. The monoisotopic (exact) mass is 459 g/mol. The summed E-state index contributed by atoms with van der Waals surface area (Å²) in [7, 11) is 0. The van der Waals surface area contributed by atoms with Gasteiger partial charge in [-0.05, 0) is 50.1 Å². The molecule has 0 aliphatic carbocycles. The Morgan fingerprint density at radius 1 is 1.09 bits per heavy atom. The van der Waals surface area contributed by atoms with Crippen LogP contribution < -0.4 is 19.7 Å². The SMILES string of the molecule is CC(C)Oc1ccc(CNC(=O)CCCN2C(=O)[C@@H](c3ccccc3)Oc3cccnc32)cc1.